The van der Waals surface area contributed by atoms with Crippen LogP contribution in [-0.4, -0.2) is 47.2 Å². The molecule has 0 saturated heterocycles. The molecule has 0 bridgehead atoms. The zero-order valence-corrected chi connectivity index (χ0v) is 23.1. The maximum atomic E-state index is 12.3. The first kappa shape index (κ1) is 33.6. The summed E-state index contributed by atoms with van der Waals surface area (Å²) in [5, 5.41) is 18.8. The Bertz CT molecular complexity index is 862. The van der Waals surface area contributed by atoms with E-state index >= 15 is 0 Å². The van der Waals surface area contributed by atoms with Crippen molar-refractivity contribution in [3.8, 4) is 0 Å². The van der Waals surface area contributed by atoms with Gasteiger partial charge >= 0.3 is 5.97 Å². The van der Waals surface area contributed by atoms with Crippen LogP contribution in [0.1, 0.15) is 58.4 Å². The Kier molecular flexibility index (Phi) is 18.1. The predicted octanol–water partition coefficient (Wildman–Crippen LogP) is 2.92. The van der Waals surface area contributed by atoms with Crippen molar-refractivity contribution in [3.63, 3.8) is 0 Å². The third-order valence-electron chi connectivity index (χ3n) is 4.14. The minimum absolute atomic E-state index is 0. The molecule has 33 heavy (non-hydrogen) atoms. The second kappa shape index (κ2) is 17.8. The molecule has 0 aliphatic heterocycles. The summed E-state index contributed by atoms with van der Waals surface area (Å²) in [7, 11) is -0.590. The number of sulfonamides is 1. The Balaban J connectivity index is 0. The third-order valence-corrected chi connectivity index (χ3v) is 5.66. The zero-order valence-electron chi connectivity index (χ0n) is 19.4. The summed E-state index contributed by atoms with van der Waals surface area (Å²) in [6, 6.07) is 6.99. The van der Waals surface area contributed by atoms with Crippen molar-refractivity contribution in [3.05, 3.63) is 49.5 Å². The van der Waals surface area contributed by atoms with Crippen molar-refractivity contribution in [2.24, 2.45) is 0 Å². The van der Waals surface area contributed by atoms with Gasteiger partial charge in [0.2, 0.25) is 0 Å². The van der Waals surface area contributed by atoms with Crippen molar-refractivity contribution in [1.29, 1.82) is 5.41 Å². The minimum atomic E-state index is -3.92. The first-order chi connectivity index (χ1) is 15.0. The van der Waals surface area contributed by atoms with Gasteiger partial charge in [0.15, 0.2) is 10.0 Å². The van der Waals surface area contributed by atoms with Gasteiger partial charge in [0.05, 0.1) is 11.7 Å². The van der Waals surface area contributed by atoms with Gasteiger partial charge in [-0.05, 0) is 31.7 Å². The van der Waals surface area contributed by atoms with E-state index in [1.54, 1.807) is 37.3 Å². The summed E-state index contributed by atoms with van der Waals surface area (Å²) < 4.78 is 25.1. The van der Waals surface area contributed by atoms with Crippen LogP contribution < -0.4 is 5.32 Å². The van der Waals surface area contributed by atoms with Crippen molar-refractivity contribution in [1.82, 2.24) is 9.62 Å². The van der Waals surface area contributed by atoms with E-state index in [0.29, 0.717) is 35.0 Å². The van der Waals surface area contributed by atoms with Crippen LogP contribution in [0.25, 0.3) is 0 Å². The molecule has 3 N–H and O–H groups in total. The van der Waals surface area contributed by atoms with Crippen molar-refractivity contribution in [2.45, 2.75) is 64.7 Å². The Morgan fingerprint density at radius 3 is 2.24 bits per heavy atom. The van der Waals surface area contributed by atoms with Gasteiger partial charge in [-0.3, -0.25) is 18.4 Å². The van der Waals surface area contributed by atoms with E-state index in [1.165, 1.54) is 0 Å². The number of nitrogens with zero attached hydrogens (tertiary/aromatic N) is 1. The van der Waals surface area contributed by atoms with E-state index in [4.69, 9.17) is 5.41 Å². The van der Waals surface area contributed by atoms with Gasteiger partial charge in [0.1, 0.15) is 11.8 Å². The molecule has 0 fully saturated rings. The van der Waals surface area contributed by atoms with E-state index in [2.05, 4.69) is 12.4 Å². The molecular formula is C22H33N3O6SY-2. The largest absolute Gasteiger partial charge is 0.481 e. The topological polar surface area (TPSA) is 145 Å². The van der Waals surface area contributed by atoms with Crippen LogP contribution in [-0.2, 0) is 62.9 Å². The quantitative estimate of drug-likeness (QED) is 0.237. The molecule has 1 rings (SSSR count). The molecule has 0 spiro atoms. The molecule has 1 radical (unpaired) electrons. The number of aliphatic carboxylic acids is 1. The Hall–Kier alpha value is -1.62. The van der Waals surface area contributed by atoms with Gasteiger partial charge in [0.25, 0.3) is 0 Å². The number of rotatable bonds is 14. The Labute approximate surface area is 222 Å². The number of carboxylic acid groups (broad SMARTS) is 1. The normalized spacial score (nSPS) is 11.3. The van der Waals surface area contributed by atoms with Crippen molar-refractivity contribution >= 4 is 33.4 Å². The molecule has 1 aromatic carbocycles. The molecule has 0 heterocycles. The van der Waals surface area contributed by atoms with E-state index in [-0.39, 0.29) is 63.5 Å². The molecule has 11 heteroatoms. The molecule has 0 saturated carbocycles. The first-order valence-electron chi connectivity index (χ1n) is 10.3. The summed E-state index contributed by atoms with van der Waals surface area (Å²) >= 11 is 0. The van der Waals surface area contributed by atoms with Gasteiger partial charge in [-0.2, -0.15) is 0 Å². The predicted molar refractivity (Wildman–Crippen MR) is 123 cm³/mol. The van der Waals surface area contributed by atoms with Crippen LogP contribution in [0.5, 0.6) is 0 Å². The van der Waals surface area contributed by atoms with Crippen LogP contribution in [0, 0.1) is 19.0 Å². The monoisotopic (exact) mass is 556 g/mol. The van der Waals surface area contributed by atoms with Gasteiger partial charge in [0, 0.05) is 51.3 Å². The number of carbonyl (C=O) groups excluding carboxylic acids is 2. The molecule has 183 valence electrons. The third kappa shape index (κ3) is 15.0. The summed E-state index contributed by atoms with van der Waals surface area (Å²) in [5.41, 5.74) is 0.981. The summed E-state index contributed by atoms with van der Waals surface area (Å²) in [6.45, 7) is 6.31. The van der Waals surface area contributed by atoms with E-state index in [0.717, 1.165) is 0 Å². The van der Waals surface area contributed by atoms with E-state index in [9.17, 15) is 27.9 Å². The number of carboxylic acids is 1. The number of Topliss-reactive ketones (excluding diaryl/α,β-unsaturated/α-hetero) is 1. The number of amides is 1. The van der Waals surface area contributed by atoms with Gasteiger partial charge in [-0.15, -0.1) is 0 Å². The fourth-order valence-corrected chi connectivity index (χ4v) is 3.56. The molecule has 9 nitrogen and oxygen atoms in total. The van der Waals surface area contributed by atoms with Crippen LogP contribution in [0.2, 0.25) is 0 Å². The first-order valence-corrected chi connectivity index (χ1v) is 11.9. The Morgan fingerprint density at radius 1 is 1.15 bits per heavy atom. The average Bonchev–Trinajstić information content (AvgIpc) is 2.72. The molecule has 1 aromatic rings. The van der Waals surface area contributed by atoms with Crippen LogP contribution >= 0.6 is 0 Å². The maximum Gasteiger partial charge on any atom is 0.326 e. The molecule has 0 aromatic heterocycles. The molecule has 0 aliphatic carbocycles. The number of carbonyl (C=O) groups is 3. The van der Waals surface area contributed by atoms with Gasteiger partial charge in [-0.1, -0.05) is 44.2 Å². The fraction of sp³-hybridized carbons (Fsp3) is 0.455. The average molecular weight is 556 g/mol. The summed E-state index contributed by atoms with van der Waals surface area (Å²) in [4.78, 5) is 35.3. The van der Waals surface area contributed by atoms with Crippen molar-refractivity contribution in [2.75, 3.05) is 0 Å². The van der Waals surface area contributed by atoms with Crippen LogP contribution in [0.15, 0.2) is 30.3 Å². The van der Waals surface area contributed by atoms with Crippen LogP contribution in [0.3, 0.4) is 0 Å². The second-order valence-corrected chi connectivity index (χ2v) is 8.79. The number of hydrogen-bond acceptors (Lipinski definition) is 6. The smallest absolute Gasteiger partial charge is 0.326 e. The summed E-state index contributed by atoms with van der Waals surface area (Å²) in [5.74, 6) is -2.80. The molecule has 0 aliphatic rings. The zero-order chi connectivity index (χ0) is 24.7. The summed E-state index contributed by atoms with van der Waals surface area (Å²) in [6.07, 6.45) is 1.07. The maximum absolute atomic E-state index is 12.3. The molecule has 1 amide bonds. The van der Waals surface area contributed by atoms with E-state index < -0.39 is 27.9 Å². The Morgan fingerprint density at radius 2 is 1.73 bits per heavy atom. The van der Waals surface area contributed by atoms with Gasteiger partial charge < -0.3 is 24.9 Å². The molecular weight excluding hydrogens is 523 g/mol. The number of ketones is 1. The fourth-order valence-electron chi connectivity index (χ4n) is 2.53. The van der Waals surface area contributed by atoms with Gasteiger partial charge in [-0.25, -0.2) is 13.2 Å². The van der Waals surface area contributed by atoms with Crippen LogP contribution in [0.4, 0.5) is 0 Å². The number of benzene rings is 1. The van der Waals surface area contributed by atoms with Crippen molar-refractivity contribution < 1.29 is 60.6 Å². The SMILES string of the molecule is CC.[CH2-]N([CH-]C(=O)NC(CCC(=O)CCCC(C)=N)C(=O)O)S(=O)(=O)Cc1ccccc1.[Y]. The number of hydrogen-bond donors (Lipinski definition) is 3. The van der Waals surface area contributed by atoms with E-state index in [1.807, 2.05) is 13.8 Å². The standard InChI is InChI=1S/C20H27N3O6S.C2H6.Y/c1-15(21)7-6-10-17(24)11-12-18(20(26)27)22-19(25)13-23(2)30(28,29)14-16-8-4-3-5-9-16;1-2;/h3-5,8-9,13,18,21H,2,6-7,10-12,14H2,1H3,(H,22,25)(H,26,27);1-2H3;/q-2;;. The molecule has 1 atom stereocenters. The second-order valence-electron chi connectivity index (χ2n) is 6.87. The molecule has 1 unspecified atom stereocenters. The number of nitrogens with one attached hydrogen (secondary N) is 2. The minimum Gasteiger partial charge on any atom is -0.481 e.